The number of carbonyl (C=O) groups is 1. The third-order valence-electron chi connectivity index (χ3n) is 3.41. The molecule has 1 N–H and O–H groups in total. The van der Waals surface area contributed by atoms with Gasteiger partial charge in [0.15, 0.2) is 5.13 Å². The van der Waals surface area contributed by atoms with Crippen molar-refractivity contribution < 1.29 is 9.53 Å². The Bertz CT molecular complexity index is 947. The van der Waals surface area contributed by atoms with E-state index in [-0.39, 0.29) is 18.0 Å². The van der Waals surface area contributed by atoms with Crippen molar-refractivity contribution in [3.63, 3.8) is 0 Å². The maximum atomic E-state index is 12.1. The van der Waals surface area contributed by atoms with Crippen molar-refractivity contribution in [1.82, 2.24) is 14.8 Å². The zero-order valence-corrected chi connectivity index (χ0v) is 14.5. The van der Waals surface area contributed by atoms with Crippen LogP contribution in [0.2, 0.25) is 0 Å². The van der Waals surface area contributed by atoms with Crippen molar-refractivity contribution in [1.29, 1.82) is 0 Å². The number of hydrogen-bond donors (Lipinski definition) is 1. The van der Waals surface area contributed by atoms with Crippen molar-refractivity contribution in [2.24, 2.45) is 0 Å². The van der Waals surface area contributed by atoms with Crippen LogP contribution in [-0.2, 0) is 11.3 Å². The van der Waals surface area contributed by atoms with Crippen LogP contribution in [0, 0.1) is 6.92 Å². The highest BCUT2D eigenvalue weighted by molar-refractivity contribution is 7.13. The molecule has 3 aromatic rings. The summed E-state index contributed by atoms with van der Waals surface area (Å²) in [5, 5.41) is 9.27. The standard InChI is InChI=1S/C17H16N4O3S/c1-11-10-25-17(18-11)19-15(22)9-21-16(23)8-7-14(20-21)12-3-5-13(24-2)6-4-12/h3-8,10H,9H2,1-2H3,(H,18,19,22). The van der Waals surface area contributed by atoms with E-state index in [0.29, 0.717) is 10.8 Å². The molecule has 2 heterocycles. The molecule has 2 aromatic heterocycles. The molecule has 0 saturated carbocycles. The zero-order chi connectivity index (χ0) is 17.8. The number of benzene rings is 1. The van der Waals surface area contributed by atoms with E-state index in [1.165, 1.54) is 17.4 Å². The zero-order valence-electron chi connectivity index (χ0n) is 13.7. The van der Waals surface area contributed by atoms with E-state index in [2.05, 4.69) is 15.4 Å². The minimum absolute atomic E-state index is 0.179. The molecular formula is C17H16N4O3S. The molecule has 0 aliphatic heterocycles. The normalized spacial score (nSPS) is 10.5. The number of aryl methyl sites for hydroxylation is 1. The Kier molecular flexibility index (Phi) is 4.90. The molecule has 0 spiro atoms. The molecule has 1 aromatic carbocycles. The second-order valence-electron chi connectivity index (χ2n) is 5.29. The van der Waals surface area contributed by atoms with Crippen LogP contribution in [-0.4, -0.2) is 27.8 Å². The highest BCUT2D eigenvalue weighted by Gasteiger charge is 2.10. The van der Waals surface area contributed by atoms with E-state index in [4.69, 9.17) is 4.74 Å². The summed E-state index contributed by atoms with van der Waals surface area (Å²) >= 11 is 1.33. The molecule has 0 bridgehead atoms. The van der Waals surface area contributed by atoms with Gasteiger partial charge in [-0.2, -0.15) is 5.10 Å². The Balaban J connectivity index is 1.79. The van der Waals surface area contributed by atoms with Gasteiger partial charge in [0.05, 0.1) is 18.5 Å². The van der Waals surface area contributed by atoms with Crippen LogP contribution < -0.4 is 15.6 Å². The van der Waals surface area contributed by atoms with Crippen LogP contribution in [0.25, 0.3) is 11.3 Å². The lowest BCUT2D eigenvalue weighted by atomic mass is 10.1. The summed E-state index contributed by atoms with van der Waals surface area (Å²) in [5.74, 6) is 0.381. The summed E-state index contributed by atoms with van der Waals surface area (Å²) in [5.41, 5.74) is 1.91. The third kappa shape index (κ3) is 4.10. The maximum Gasteiger partial charge on any atom is 0.267 e. The van der Waals surface area contributed by atoms with Crippen LogP contribution in [0.3, 0.4) is 0 Å². The van der Waals surface area contributed by atoms with Gasteiger partial charge in [-0.1, -0.05) is 0 Å². The molecule has 0 radical (unpaired) electrons. The van der Waals surface area contributed by atoms with E-state index >= 15 is 0 Å². The Morgan fingerprint density at radius 1 is 1.24 bits per heavy atom. The number of rotatable bonds is 5. The molecule has 1 amide bonds. The summed E-state index contributed by atoms with van der Waals surface area (Å²) in [6.45, 7) is 1.66. The molecule has 3 rings (SSSR count). The van der Waals surface area contributed by atoms with Gasteiger partial charge < -0.3 is 10.1 Å². The fourth-order valence-corrected chi connectivity index (χ4v) is 2.89. The molecule has 8 heteroatoms. The summed E-state index contributed by atoms with van der Waals surface area (Å²) in [6, 6.07) is 10.3. The lowest BCUT2D eigenvalue weighted by Crippen LogP contribution is -2.29. The number of nitrogens with zero attached hydrogens (tertiary/aromatic N) is 3. The quantitative estimate of drug-likeness (QED) is 0.758. The molecule has 25 heavy (non-hydrogen) atoms. The van der Waals surface area contributed by atoms with Gasteiger partial charge in [0.25, 0.3) is 5.56 Å². The number of hydrogen-bond acceptors (Lipinski definition) is 6. The molecule has 0 fully saturated rings. The highest BCUT2D eigenvalue weighted by Crippen LogP contribution is 2.19. The second-order valence-corrected chi connectivity index (χ2v) is 6.14. The number of ether oxygens (including phenoxy) is 1. The fraction of sp³-hybridized carbons (Fsp3) is 0.176. The number of anilines is 1. The molecule has 0 aliphatic carbocycles. The van der Waals surface area contributed by atoms with Gasteiger partial charge >= 0.3 is 0 Å². The Morgan fingerprint density at radius 2 is 2.00 bits per heavy atom. The summed E-state index contributed by atoms with van der Waals surface area (Å²) < 4.78 is 6.26. The lowest BCUT2D eigenvalue weighted by Gasteiger charge is -2.07. The van der Waals surface area contributed by atoms with E-state index in [9.17, 15) is 9.59 Å². The Hall–Kier alpha value is -3.00. The van der Waals surface area contributed by atoms with Gasteiger partial charge in [0.1, 0.15) is 12.3 Å². The second kappa shape index (κ2) is 7.27. The predicted molar refractivity (Wildman–Crippen MR) is 96.0 cm³/mol. The van der Waals surface area contributed by atoms with E-state index < -0.39 is 0 Å². The molecular weight excluding hydrogens is 340 g/mol. The molecule has 128 valence electrons. The van der Waals surface area contributed by atoms with Crippen molar-refractivity contribution in [3.8, 4) is 17.0 Å². The minimum atomic E-state index is -0.351. The van der Waals surface area contributed by atoms with Crippen LogP contribution in [0.5, 0.6) is 5.75 Å². The highest BCUT2D eigenvalue weighted by atomic mass is 32.1. The van der Waals surface area contributed by atoms with E-state index in [1.54, 1.807) is 13.2 Å². The number of carbonyl (C=O) groups excluding carboxylic acids is 1. The van der Waals surface area contributed by atoms with Crippen molar-refractivity contribution >= 4 is 22.4 Å². The van der Waals surface area contributed by atoms with Crippen molar-refractivity contribution in [2.75, 3.05) is 12.4 Å². The Labute approximate surface area is 147 Å². The lowest BCUT2D eigenvalue weighted by molar-refractivity contribution is -0.117. The maximum absolute atomic E-state index is 12.1. The minimum Gasteiger partial charge on any atom is -0.497 e. The number of nitrogens with one attached hydrogen (secondary N) is 1. The van der Waals surface area contributed by atoms with E-state index in [1.807, 2.05) is 36.6 Å². The van der Waals surface area contributed by atoms with Crippen molar-refractivity contribution in [3.05, 3.63) is 57.8 Å². The first-order valence-corrected chi connectivity index (χ1v) is 8.38. The molecule has 0 atom stereocenters. The fourth-order valence-electron chi connectivity index (χ4n) is 2.18. The SMILES string of the molecule is COc1ccc(-c2ccc(=O)n(CC(=O)Nc3nc(C)cs3)n2)cc1. The number of aromatic nitrogens is 3. The van der Waals surface area contributed by atoms with Gasteiger partial charge in [0, 0.05) is 17.0 Å². The van der Waals surface area contributed by atoms with Crippen molar-refractivity contribution in [2.45, 2.75) is 13.5 Å². The molecule has 0 saturated heterocycles. The van der Waals surface area contributed by atoms with E-state index in [0.717, 1.165) is 21.7 Å². The van der Waals surface area contributed by atoms with Gasteiger partial charge in [-0.05, 0) is 37.3 Å². The number of amides is 1. The van der Waals surface area contributed by atoms with Crippen LogP contribution in [0.4, 0.5) is 5.13 Å². The third-order valence-corrected chi connectivity index (χ3v) is 4.29. The Morgan fingerprint density at radius 3 is 2.64 bits per heavy atom. The van der Waals surface area contributed by atoms with Crippen LogP contribution >= 0.6 is 11.3 Å². The first-order valence-electron chi connectivity index (χ1n) is 7.50. The van der Waals surface area contributed by atoms with Gasteiger partial charge in [-0.25, -0.2) is 9.67 Å². The summed E-state index contributed by atoms with van der Waals surface area (Å²) in [7, 11) is 1.59. The van der Waals surface area contributed by atoms with Gasteiger partial charge in [0.2, 0.25) is 5.91 Å². The summed E-state index contributed by atoms with van der Waals surface area (Å²) in [4.78, 5) is 28.3. The van der Waals surface area contributed by atoms with Crippen LogP contribution in [0.15, 0.2) is 46.6 Å². The average Bonchev–Trinajstić information content (AvgIpc) is 3.01. The molecule has 7 nitrogen and oxygen atoms in total. The number of thiazole rings is 1. The predicted octanol–water partition coefficient (Wildman–Crippen LogP) is 2.32. The summed E-state index contributed by atoms with van der Waals surface area (Å²) in [6.07, 6.45) is 0. The molecule has 0 unspecified atom stereocenters. The average molecular weight is 356 g/mol. The van der Waals surface area contributed by atoms with Gasteiger partial charge in [-0.15, -0.1) is 11.3 Å². The monoisotopic (exact) mass is 356 g/mol. The topological polar surface area (TPSA) is 86.1 Å². The van der Waals surface area contributed by atoms with Crippen LogP contribution in [0.1, 0.15) is 5.69 Å². The largest absolute Gasteiger partial charge is 0.497 e. The molecule has 0 aliphatic rings. The first kappa shape index (κ1) is 16.8. The smallest absolute Gasteiger partial charge is 0.267 e. The number of methoxy groups -OCH3 is 1. The first-order chi connectivity index (χ1) is 12.0. The van der Waals surface area contributed by atoms with Gasteiger partial charge in [-0.3, -0.25) is 9.59 Å².